The molecule has 2 unspecified atom stereocenters. The quantitative estimate of drug-likeness (QED) is 0.792. The molecule has 1 aromatic rings. The molecule has 0 amide bonds. The Balaban J connectivity index is 3.05. The van der Waals surface area contributed by atoms with Crippen molar-refractivity contribution in [2.75, 3.05) is 13.7 Å². The number of aliphatic hydroxyl groups is 1. The summed E-state index contributed by atoms with van der Waals surface area (Å²) in [5.41, 5.74) is 7.46. The molecule has 0 aliphatic rings. The molecule has 1 aromatic carbocycles. The van der Waals surface area contributed by atoms with E-state index in [0.29, 0.717) is 12.3 Å². The zero-order chi connectivity index (χ0) is 11.4. The van der Waals surface area contributed by atoms with Gasteiger partial charge in [0.25, 0.3) is 0 Å². The molecule has 0 aromatic heterocycles. The second-order valence-corrected chi connectivity index (χ2v) is 3.90. The van der Waals surface area contributed by atoms with Crippen molar-refractivity contribution in [1.29, 1.82) is 0 Å². The normalized spacial score (nSPS) is 14.7. The first kappa shape index (κ1) is 12.0. The van der Waals surface area contributed by atoms with E-state index in [-0.39, 0.29) is 5.92 Å². The van der Waals surface area contributed by atoms with Gasteiger partial charge in [-0.3, -0.25) is 0 Å². The van der Waals surface area contributed by atoms with E-state index in [1.807, 2.05) is 32.0 Å². The van der Waals surface area contributed by atoms with Crippen molar-refractivity contribution in [3.8, 4) is 5.75 Å². The maximum absolute atomic E-state index is 10.1. The van der Waals surface area contributed by atoms with Gasteiger partial charge >= 0.3 is 0 Å². The Morgan fingerprint density at radius 3 is 2.67 bits per heavy atom. The molecule has 0 saturated heterocycles. The summed E-state index contributed by atoms with van der Waals surface area (Å²) in [6.45, 7) is 4.37. The first-order valence-electron chi connectivity index (χ1n) is 5.12. The summed E-state index contributed by atoms with van der Waals surface area (Å²) in [6, 6.07) is 5.77. The third-order valence-electron chi connectivity index (χ3n) is 2.61. The maximum Gasteiger partial charge on any atom is 0.124 e. The first-order valence-corrected chi connectivity index (χ1v) is 5.12. The van der Waals surface area contributed by atoms with Crippen LogP contribution < -0.4 is 10.5 Å². The summed E-state index contributed by atoms with van der Waals surface area (Å²) < 4.78 is 5.22. The highest BCUT2D eigenvalue weighted by Crippen LogP contribution is 2.30. The number of rotatable bonds is 4. The first-order chi connectivity index (χ1) is 7.10. The third kappa shape index (κ3) is 2.70. The summed E-state index contributed by atoms with van der Waals surface area (Å²) in [5, 5.41) is 10.1. The van der Waals surface area contributed by atoms with Crippen LogP contribution in [0.1, 0.15) is 24.2 Å². The molecule has 2 atom stereocenters. The van der Waals surface area contributed by atoms with Gasteiger partial charge in [-0.25, -0.2) is 0 Å². The minimum absolute atomic E-state index is 0.0284. The van der Waals surface area contributed by atoms with E-state index < -0.39 is 6.10 Å². The second-order valence-electron chi connectivity index (χ2n) is 3.90. The average molecular weight is 209 g/mol. The van der Waals surface area contributed by atoms with Gasteiger partial charge in [0.15, 0.2) is 0 Å². The lowest BCUT2D eigenvalue weighted by Crippen LogP contribution is -2.19. The van der Waals surface area contributed by atoms with Gasteiger partial charge in [0.05, 0.1) is 13.2 Å². The van der Waals surface area contributed by atoms with Crippen LogP contribution in [0, 0.1) is 12.8 Å². The highest BCUT2D eigenvalue weighted by molar-refractivity contribution is 5.38. The SMILES string of the molecule is COc1ccc(C)cc1C(O)C(C)CN. The van der Waals surface area contributed by atoms with Gasteiger partial charge in [0.1, 0.15) is 5.75 Å². The standard InChI is InChI=1S/C12H19NO2/c1-8-4-5-11(15-3)10(6-8)12(14)9(2)7-13/h4-6,9,12,14H,7,13H2,1-3H3. The topological polar surface area (TPSA) is 55.5 Å². The molecule has 0 heterocycles. The van der Waals surface area contributed by atoms with E-state index in [2.05, 4.69) is 0 Å². The fourth-order valence-corrected chi connectivity index (χ4v) is 1.52. The van der Waals surface area contributed by atoms with Gasteiger partial charge in [-0.1, -0.05) is 18.6 Å². The Kier molecular flexibility index (Phi) is 4.12. The van der Waals surface area contributed by atoms with Crippen LogP contribution in [-0.4, -0.2) is 18.8 Å². The van der Waals surface area contributed by atoms with Crippen molar-refractivity contribution in [2.24, 2.45) is 11.7 Å². The number of nitrogens with two attached hydrogens (primary N) is 1. The van der Waals surface area contributed by atoms with Crippen LogP contribution in [0.5, 0.6) is 5.75 Å². The fraction of sp³-hybridized carbons (Fsp3) is 0.500. The van der Waals surface area contributed by atoms with Crippen LogP contribution in [0.2, 0.25) is 0 Å². The van der Waals surface area contributed by atoms with Gasteiger partial charge in [0.2, 0.25) is 0 Å². The molecule has 3 N–H and O–H groups in total. The van der Waals surface area contributed by atoms with Crippen LogP contribution in [0.4, 0.5) is 0 Å². The molecule has 0 fully saturated rings. The second kappa shape index (κ2) is 5.14. The average Bonchev–Trinajstić information content (AvgIpc) is 2.27. The van der Waals surface area contributed by atoms with Crippen LogP contribution in [0.3, 0.4) is 0 Å². The number of aryl methyl sites for hydroxylation is 1. The van der Waals surface area contributed by atoms with Crippen molar-refractivity contribution < 1.29 is 9.84 Å². The number of benzene rings is 1. The largest absolute Gasteiger partial charge is 0.496 e. The predicted octanol–water partition coefficient (Wildman–Crippen LogP) is 1.63. The Hall–Kier alpha value is -1.06. The van der Waals surface area contributed by atoms with Crippen LogP contribution >= 0.6 is 0 Å². The molecule has 0 radical (unpaired) electrons. The molecule has 0 bridgehead atoms. The molecule has 0 saturated carbocycles. The molecular weight excluding hydrogens is 190 g/mol. The van der Waals surface area contributed by atoms with Crippen LogP contribution in [0.15, 0.2) is 18.2 Å². The lowest BCUT2D eigenvalue weighted by Gasteiger charge is -2.20. The Bertz CT molecular complexity index is 325. The third-order valence-corrected chi connectivity index (χ3v) is 2.61. The number of hydrogen-bond acceptors (Lipinski definition) is 3. The monoisotopic (exact) mass is 209 g/mol. The number of methoxy groups -OCH3 is 1. The highest BCUT2D eigenvalue weighted by Gasteiger charge is 2.18. The van der Waals surface area contributed by atoms with E-state index in [1.54, 1.807) is 7.11 Å². The van der Waals surface area contributed by atoms with Crippen molar-refractivity contribution in [3.63, 3.8) is 0 Å². The highest BCUT2D eigenvalue weighted by atomic mass is 16.5. The summed E-state index contributed by atoms with van der Waals surface area (Å²) in [6.07, 6.45) is -0.565. The molecule has 0 spiro atoms. The minimum atomic E-state index is -0.565. The lowest BCUT2D eigenvalue weighted by atomic mass is 9.95. The molecule has 3 heteroatoms. The van der Waals surface area contributed by atoms with Crippen molar-refractivity contribution in [1.82, 2.24) is 0 Å². The summed E-state index contributed by atoms with van der Waals surface area (Å²) in [7, 11) is 1.61. The Labute approximate surface area is 90.9 Å². The van der Waals surface area contributed by atoms with Gasteiger partial charge in [-0.05, 0) is 31.5 Å². The molecule has 1 rings (SSSR count). The van der Waals surface area contributed by atoms with Crippen molar-refractivity contribution in [3.05, 3.63) is 29.3 Å². The van der Waals surface area contributed by atoms with E-state index in [1.165, 1.54) is 0 Å². The van der Waals surface area contributed by atoms with Crippen molar-refractivity contribution in [2.45, 2.75) is 20.0 Å². The van der Waals surface area contributed by atoms with E-state index in [0.717, 1.165) is 11.1 Å². The van der Waals surface area contributed by atoms with Crippen LogP contribution in [0.25, 0.3) is 0 Å². The van der Waals surface area contributed by atoms with E-state index >= 15 is 0 Å². The fourth-order valence-electron chi connectivity index (χ4n) is 1.52. The maximum atomic E-state index is 10.1. The predicted molar refractivity (Wildman–Crippen MR) is 60.9 cm³/mol. The molecule has 84 valence electrons. The molecule has 0 aliphatic carbocycles. The Morgan fingerprint density at radius 1 is 1.47 bits per heavy atom. The van der Waals surface area contributed by atoms with E-state index in [9.17, 15) is 5.11 Å². The van der Waals surface area contributed by atoms with E-state index in [4.69, 9.17) is 10.5 Å². The zero-order valence-corrected chi connectivity index (χ0v) is 9.53. The minimum Gasteiger partial charge on any atom is -0.496 e. The number of hydrogen-bond donors (Lipinski definition) is 2. The number of aliphatic hydroxyl groups excluding tert-OH is 1. The molecule has 15 heavy (non-hydrogen) atoms. The zero-order valence-electron chi connectivity index (χ0n) is 9.53. The summed E-state index contributed by atoms with van der Waals surface area (Å²) >= 11 is 0. The van der Waals surface area contributed by atoms with Crippen LogP contribution in [-0.2, 0) is 0 Å². The molecular formula is C12H19NO2. The van der Waals surface area contributed by atoms with Gasteiger partial charge < -0.3 is 15.6 Å². The smallest absolute Gasteiger partial charge is 0.124 e. The molecule has 3 nitrogen and oxygen atoms in total. The van der Waals surface area contributed by atoms with Gasteiger partial charge in [-0.15, -0.1) is 0 Å². The van der Waals surface area contributed by atoms with Crippen molar-refractivity contribution >= 4 is 0 Å². The number of ether oxygens (including phenoxy) is 1. The summed E-state index contributed by atoms with van der Waals surface area (Å²) in [5.74, 6) is 0.745. The lowest BCUT2D eigenvalue weighted by molar-refractivity contribution is 0.118. The Morgan fingerprint density at radius 2 is 2.13 bits per heavy atom. The summed E-state index contributed by atoms with van der Waals surface area (Å²) in [4.78, 5) is 0. The molecule has 0 aliphatic heterocycles. The van der Waals surface area contributed by atoms with Gasteiger partial charge in [0, 0.05) is 5.56 Å². The van der Waals surface area contributed by atoms with Gasteiger partial charge in [-0.2, -0.15) is 0 Å².